The molecule has 43 heavy (non-hydrogen) atoms. The predicted octanol–water partition coefficient (Wildman–Crippen LogP) is 3.81. The first kappa shape index (κ1) is 23.5. The second-order valence-electron chi connectivity index (χ2n) is 12.0. The molecule has 0 amide bonds. The number of aromatic nitrogens is 3. The van der Waals surface area contributed by atoms with Crippen molar-refractivity contribution >= 4 is 27.5 Å². The van der Waals surface area contributed by atoms with E-state index < -0.39 is 47.9 Å². The summed E-state index contributed by atoms with van der Waals surface area (Å²) < 4.78 is 77.4. The van der Waals surface area contributed by atoms with Gasteiger partial charge in [0.2, 0.25) is 0 Å². The van der Waals surface area contributed by atoms with Crippen LogP contribution < -0.4 is 20.5 Å². The maximum absolute atomic E-state index is 15.2. The van der Waals surface area contributed by atoms with Crippen molar-refractivity contribution < 1.29 is 27.1 Å². The first-order chi connectivity index (χ1) is 21.8. The number of phenols is 1. The number of pyridine rings is 1. The summed E-state index contributed by atoms with van der Waals surface area (Å²) in [4.78, 5) is 26.8. The van der Waals surface area contributed by atoms with Crippen LogP contribution >= 0.6 is 0 Å². The standard InChI is InChI=1S/C31H31F3N6O3/c32-18-12-31(7-1-8-39(31)13-18)16-43-30-36-27-22(28(37-30)38-14-19-3-4-20(15-38)35-19)6-9-40(29(27)42)24-11-21(41)10-17-2-5-23(33)26(34)25(17)24/h2,5-6,9-11,18-20,35,41H,1,3-4,7-8,12-16H2/t18-,19-,20+,31+/m1/s1/i16D2,18D. The van der Waals surface area contributed by atoms with Crippen molar-refractivity contribution in [2.75, 3.05) is 37.6 Å². The third kappa shape index (κ3) is 4.33. The third-order valence-corrected chi connectivity index (χ3v) is 9.27. The molecule has 2 bridgehead atoms. The van der Waals surface area contributed by atoms with Crippen molar-refractivity contribution in [2.45, 2.75) is 55.9 Å². The lowest BCUT2D eigenvalue weighted by Gasteiger charge is -2.34. The van der Waals surface area contributed by atoms with Crippen LogP contribution in [-0.4, -0.2) is 81.0 Å². The van der Waals surface area contributed by atoms with E-state index in [0.717, 1.165) is 29.5 Å². The molecule has 2 N–H and O–H groups in total. The molecule has 2 aromatic carbocycles. The zero-order valence-corrected chi connectivity index (χ0v) is 23.1. The van der Waals surface area contributed by atoms with Crippen molar-refractivity contribution in [1.82, 2.24) is 24.8 Å². The van der Waals surface area contributed by atoms with Crippen molar-refractivity contribution in [3.8, 4) is 17.4 Å². The van der Waals surface area contributed by atoms with Gasteiger partial charge in [0.25, 0.3) is 5.56 Å². The quantitative estimate of drug-likeness (QED) is 0.360. The lowest BCUT2D eigenvalue weighted by molar-refractivity contribution is 0.107. The van der Waals surface area contributed by atoms with Gasteiger partial charge < -0.3 is 20.1 Å². The normalized spacial score (nSPS) is 30.0. The van der Waals surface area contributed by atoms with Crippen LogP contribution in [0.5, 0.6) is 11.8 Å². The first-order valence-corrected chi connectivity index (χ1v) is 14.5. The van der Waals surface area contributed by atoms with E-state index in [9.17, 15) is 18.7 Å². The maximum atomic E-state index is 15.2. The molecular formula is C31H31F3N6O3. The van der Waals surface area contributed by atoms with Gasteiger partial charge in [0.05, 0.1) is 20.7 Å². The number of halogens is 3. The average molecular weight is 596 g/mol. The highest BCUT2D eigenvalue weighted by atomic mass is 19.2. The van der Waals surface area contributed by atoms with Crippen LogP contribution in [0.2, 0.25) is 0 Å². The van der Waals surface area contributed by atoms with E-state index in [0.29, 0.717) is 37.3 Å². The molecule has 9 nitrogen and oxygen atoms in total. The summed E-state index contributed by atoms with van der Waals surface area (Å²) in [6.45, 7) is -1.22. The second kappa shape index (κ2) is 9.81. The fourth-order valence-electron chi connectivity index (χ4n) is 7.32. The summed E-state index contributed by atoms with van der Waals surface area (Å²) in [5.41, 5.74) is -2.45. The van der Waals surface area contributed by atoms with Crippen LogP contribution in [0.3, 0.4) is 0 Å². The number of ether oxygens (including phenoxy) is 1. The van der Waals surface area contributed by atoms with Crippen molar-refractivity contribution in [1.29, 1.82) is 0 Å². The SMILES string of the molecule is [2H]C([2H])(Oc1nc(N2C[C@H]3CC[C@@H](C2)N3)c2ccn(-c3cc(O)cc4ccc(F)c(F)c34)c(=O)c2n1)[C@@]12CCCN1C[C@]([2H])(F)C2. The van der Waals surface area contributed by atoms with Crippen LogP contribution in [-0.2, 0) is 0 Å². The smallest absolute Gasteiger partial charge is 0.319 e. The van der Waals surface area contributed by atoms with E-state index in [-0.39, 0.29) is 52.8 Å². The maximum Gasteiger partial charge on any atom is 0.319 e. The number of rotatable bonds is 5. The molecule has 0 saturated carbocycles. The Morgan fingerprint density at radius 1 is 1.16 bits per heavy atom. The third-order valence-electron chi connectivity index (χ3n) is 9.27. The Hall–Kier alpha value is -3.90. The molecule has 4 saturated heterocycles. The second-order valence-corrected chi connectivity index (χ2v) is 12.0. The number of benzene rings is 2. The summed E-state index contributed by atoms with van der Waals surface area (Å²) in [5, 5.41) is 14.3. The fraction of sp³-hybridized carbons (Fsp3) is 0.452. The fourth-order valence-corrected chi connectivity index (χ4v) is 7.32. The largest absolute Gasteiger partial charge is 0.508 e. The van der Waals surface area contributed by atoms with Gasteiger partial charge in [-0.3, -0.25) is 14.3 Å². The molecular weight excluding hydrogens is 561 g/mol. The molecule has 224 valence electrons. The van der Waals surface area contributed by atoms with Gasteiger partial charge in [0.1, 0.15) is 29.8 Å². The molecule has 4 aliphatic rings. The number of nitrogens with one attached hydrogen (secondary N) is 1. The van der Waals surface area contributed by atoms with Gasteiger partial charge >= 0.3 is 6.01 Å². The number of alkyl halides is 1. The molecule has 2 aromatic heterocycles. The molecule has 8 rings (SSSR count). The number of anilines is 1. The minimum atomic E-state index is -2.53. The van der Waals surface area contributed by atoms with Crippen LogP contribution in [0.15, 0.2) is 41.3 Å². The minimum absolute atomic E-state index is 0.113. The Kier molecular flexibility index (Phi) is 5.37. The van der Waals surface area contributed by atoms with Gasteiger partial charge in [-0.05, 0) is 55.8 Å². The topological polar surface area (TPSA) is 95.8 Å². The number of fused-ring (bicyclic) bond motifs is 5. The van der Waals surface area contributed by atoms with Gasteiger partial charge in [0.15, 0.2) is 11.6 Å². The average Bonchev–Trinajstić information content (AvgIpc) is 3.63. The van der Waals surface area contributed by atoms with E-state index in [1.165, 1.54) is 18.3 Å². The van der Waals surface area contributed by atoms with Crippen molar-refractivity contribution in [3.05, 3.63) is 58.5 Å². The number of piperazine rings is 1. The van der Waals surface area contributed by atoms with Gasteiger partial charge in [-0.15, -0.1) is 0 Å². The monoisotopic (exact) mass is 595 g/mol. The minimum Gasteiger partial charge on any atom is -0.508 e. The molecule has 0 radical (unpaired) electrons. The summed E-state index contributed by atoms with van der Waals surface area (Å²) in [6.07, 6.45) is 1.44. The number of nitrogens with zero attached hydrogens (tertiary/aromatic N) is 5. The Morgan fingerprint density at radius 2 is 1.98 bits per heavy atom. The molecule has 4 aliphatic heterocycles. The molecule has 4 fully saturated rings. The molecule has 0 aliphatic carbocycles. The summed E-state index contributed by atoms with van der Waals surface area (Å²) in [5.74, 6) is -2.23. The number of hydrogen-bond acceptors (Lipinski definition) is 8. The zero-order chi connectivity index (χ0) is 32.2. The van der Waals surface area contributed by atoms with E-state index in [1.54, 1.807) is 11.0 Å². The number of phenolic OH excluding ortho intramolecular Hbond substituents is 1. The summed E-state index contributed by atoms with van der Waals surface area (Å²) >= 11 is 0. The van der Waals surface area contributed by atoms with E-state index in [1.807, 2.05) is 4.90 Å². The lowest BCUT2D eigenvalue weighted by atomic mass is 9.95. The van der Waals surface area contributed by atoms with Crippen molar-refractivity contribution in [2.24, 2.45) is 0 Å². The highest BCUT2D eigenvalue weighted by Gasteiger charge is 2.49. The molecule has 4 atom stereocenters. The number of aromatic hydroxyl groups is 1. The van der Waals surface area contributed by atoms with Crippen LogP contribution in [0, 0.1) is 11.6 Å². The van der Waals surface area contributed by atoms with Gasteiger partial charge in [-0.25, -0.2) is 13.2 Å². The van der Waals surface area contributed by atoms with E-state index in [2.05, 4.69) is 15.3 Å². The Labute approximate surface area is 249 Å². The number of hydrogen-bond donors (Lipinski definition) is 2. The molecule has 0 spiro atoms. The lowest BCUT2D eigenvalue weighted by Crippen LogP contribution is -2.51. The zero-order valence-electron chi connectivity index (χ0n) is 26.1. The van der Waals surface area contributed by atoms with Crippen molar-refractivity contribution in [3.63, 3.8) is 0 Å². The first-order valence-electron chi connectivity index (χ1n) is 16.0. The molecule has 0 unspecified atom stereocenters. The highest BCUT2D eigenvalue weighted by Crippen LogP contribution is 2.40. The van der Waals surface area contributed by atoms with Gasteiger partial charge in [-0.1, -0.05) is 6.07 Å². The van der Waals surface area contributed by atoms with Crippen LogP contribution in [0.25, 0.3) is 27.4 Å². The highest BCUT2D eigenvalue weighted by molar-refractivity contribution is 5.94. The molecule has 6 heterocycles. The molecule has 12 heteroatoms. The van der Waals surface area contributed by atoms with Gasteiger partial charge in [0, 0.05) is 55.8 Å². The van der Waals surface area contributed by atoms with Crippen LogP contribution in [0.4, 0.5) is 19.0 Å². The Bertz CT molecular complexity index is 1970. The van der Waals surface area contributed by atoms with E-state index >= 15 is 4.39 Å². The van der Waals surface area contributed by atoms with E-state index in [4.69, 9.17) is 8.85 Å². The summed E-state index contributed by atoms with van der Waals surface area (Å²) in [7, 11) is 0. The summed E-state index contributed by atoms with van der Waals surface area (Å²) in [6, 6.07) is 6.17. The predicted molar refractivity (Wildman–Crippen MR) is 155 cm³/mol. The molecule has 4 aromatic rings. The Morgan fingerprint density at radius 3 is 2.79 bits per heavy atom. The van der Waals surface area contributed by atoms with Gasteiger partial charge in [-0.2, -0.15) is 9.97 Å². The van der Waals surface area contributed by atoms with Crippen LogP contribution in [0.1, 0.15) is 36.2 Å². The Balaban J connectivity index is 1.30.